The quantitative estimate of drug-likeness (QED) is 0.213. The Bertz CT molecular complexity index is 1720. The van der Waals surface area contributed by atoms with Crippen molar-refractivity contribution in [3.05, 3.63) is 95.0 Å². The second-order valence-corrected chi connectivity index (χ2v) is 11.5. The predicted octanol–water partition coefficient (Wildman–Crippen LogP) is 3.24. The number of nitrogens with two attached hydrogens (primary N) is 3. The smallest absolute Gasteiger partial charge is 0.262 e. The molecule has 3 unspecified atom stereocenters. The van der Waals surface area contributed by atoms with Gasteiger partial charge >= 0.3 is 0 Å². The fourth-order valence-corrected chi connectivity index (χ4v) is 7.17. The molecular weight excluding hydrogens is 536 g/mol. The molecule has 2 amide bonds. The van der Waals surface area contributed by atoms with E-state index < -0.39 is 17.4 Å². The molecule has 10 heteroatoms. The number of nitrogens with one attached hydrogen (secondary N) is 1. The maximum absolute atomic E-state index is 14.1. The summed E-state index contributed by atoms with van der Waals surface area (Å²) in [5.74, 6) is -0.946. The second-order valence-electron chi connectivity index (χ2n) is 10.5. The zero-order valence-electron chi connectivity index (χ0n) is 22.3. The number of Topliss-reactive ketones (excluding diaryl/α,β-unsaturated/α-hetero) is 1. The van der Waals surface area contributed by atoms with Crippen LogP contribution in [0.2, 0.25) is 0 Å². The van der Waals surface area contributed by atoms with Crippen molar-refractivity contribution in [3.8, 4) is 11.3 Å². The Morgan fingerprint density at radius 3 is 2.71 bits per heavy atom. The maximum atomic E-state index is 14.1. The number of likely N-dealkylation sites (tertiary alicyclic amines) is 1. The van der Waals surface area contributed by atoms with Gasteiger partial charge in [0.15, 0.2) is 5.78 Å². The summed E-state index contributed by atoms with van der Waals surface area (Å²) in [7, 11) is 0. The van der Waals surface area contributed by atoms with E-state index in [2.05, 4.69) is 16.9 Å². The van der Waals surface area contributed by atoms with Gasteiger partial charge in [-0.05, 0) is 48.2 Å². The first-order valence-corrected chi connectivity index (χ1v) is 14.2. The Morgan fingerprint density at radius 1 is 1.17 bits per heavy atom. The van der Waals surface area contributed by atoms with Gasteiger partial charge < -0.3 is 27.4 Å². The highest BCUT2D eigenvalue weighted by Gasteiger charge is 2.49. The molecule has 2 aromatic heterocycles. The van der Waals surface area contributed by atoms with Gasteiger partial charge in [-0.2, -0.15) is 0 Å². The van der Waals surface area contributed by atoms with E-state index in [0.29, 0.717) is 56.1 Å². The summed E-state index contributed by atoms with van der Waals surface area (Å²) in [6.45, 7) is 4.56. The van der Waals surface area contributed by atoms with Crippen LogP contribution in [0.15, 0.2) is 73.4 Å². The van der Waals surface area contributed by atoms with Gasteiger partial charge in [0.05, 0.1) is 21.3 Å². The van der Waals surface area contributed by atoms with Crippen molar-refractivity contribution in [2.24, 2.45) is 11.5 Å². The van der Waals surface area contributed by atoms with Gasteiger partial charge in [0.1, 0.15) is 5.54 Å². The highest BCUT2D eigenvalue weighted by Crippen LogP contribution is 2.49. The first-order chi connectivity index (χ1) is 19.7. The third-order valence-electron chi connectivity index (χ3n) is 8.05. The summed E-state index contributed by atoms with van der Waals surface area (Å²) in [5.41, 5.74) is 22.0. The van der Waals surface area contributed by atoms with E-state index >= 15 is 0 Å². The van der Waals surface area contributed by atoms with Crippen molar-refractivity contribution < 1.29 is 14.4 Å². The minimum atomic E-state index is -1.57. The molecular formula is C31H30N6O3S. The first kappa shape index (κ1) is 26.8. The third kappa shape index (κ3) is 4.31. The van der Waals surface area contributed by atoms with Crippen LogP contribution >= 0.6 is 11.3 Å². The van der Waals surface area contributed by atoms with Crippen LogP contribution in [0.3, 0.4) is 0 Å². The number of anilines is 1. The molecule has 41 heavy (non-hydrogen) atoms. The van der Waals surface area contributed by atoms with E-state index in [-0.39, 0.29) is 17.9 Å². The van der Waals surface area contributed by atoms with E-state index in [0.717, 1.165) is 18.4 Å². The highest BCUT2D eigenvalue weighted by molar-refractivity contribution is 7.21. The van der Waals surface area contributed by atoms with Crippen LogP contribution < -0.4 is 22.5 Å². The van der Waals surface area contributed by atoms with E-state index in [4.69, 9.17) is 17.2 Å². The number of hydrogen-bond acceptors (Lipinski definition) is 8. The van der Waals surface area contributed by atoms with Gasteiger partial charge in [0.25, 0.3) is 5.91 Å². The molecule has 2 aromatic carbocycles. The summed E-state index contributed by atoms with van der Waals surface area (Å²) in [5, 5.41) is 3.69. The summed E-state index contributed by atoms with van der Waals surface area (Å²) in [6, 6.07) is 15.2. The van der Waals surface area contributed by atoms with Gasteiger partial charge in [0, 0.05) is 47.5 Å². The van der Waals surface area contributed by atoms with E-state index in [1.807, 2.05) is 36.4 Å². The van der Waals surface area contributed by atoms with Crippen LogP contribution in [-0.4, -0.2) is 46.6 Å². The number of hydrogen-bond donors (Lipinski definition) is 4. The van der Waals surface area contributed by atoms with Crippen LogP contribution in [0.5, 0.6) is 0 Å². The zero-order chi connectivity index (χ0) is 28.9. The van der Waals surface area contributed by atoms with E-state index in [9.17, 15) is 14.4 Å². The lowest BCUT2D eigenvalue weighted by atomic mass is 9.70. The van der Waals surface area contributed by atoms with E-state index in [1.165, 1.54) is 17.4 Å². The average Bonchev–Trinajstić information content (AvgIpc) is 3.42. The Labute approximate surface area is 241 Å². The minimum absolute atomic E-state index is 0.170. The fraction of sp³-hybridized carbons (Fsp3) is 0.226. The summed E-state index contributed by atoms with van der Waals surface area (Å²) >= 11 is 1.21. The monoisotopic (exact) mass is 566 g/mol. The number of carbonyl (C=O) groups excluding carboxylic acids is 3. The van der Waals surface area contributed by atoms with Gasteiger partial charge in [0.2, 0.25) is 5.91 Å². The fourth-order valence-electron chi connectivity index (χ4n) is 5.97. The van der Waals surface area contributed by atoms with Crippen LogP contribution in [-0.2, 0) is 15.1 Å². The van der Waals surface area contributed by atoms with Crippen LogP contribution in [0, 0.1) is 0 Å². The average molecular weight is 567 g/mol. The largest absolute Gasteiger partial charge is 0.398 e. The standard InChI is InChI=1S/C31H30N6O3S/c1-2-23(38)37-14-6-9-19(16-37)36-30(40)28-25-24-20(10-11-21(32)27(24)41-28)31(34,29(39)26(25)33)18-12-13-35-22(15-18)17-7-4-3-5-8-17/h2-5,7-8,10-13,15,19,26H,1,6,9,14,16,32-34H2,(H,36,40). The molecule has 0 radical (unpaired) electrons. The number of amides is 2. The lowest BCUT2D eigenvalue weighted by Gasteiger charge is -2.37. The normalized spacial score (nSPS) is 22.0. The lowest BCUT2D eigenvalue weighted by molar-refractivity contribution is -0.127. The Hall–Kier alpha value is -4.38. The van der Waals surface area contributed by atoms with Gasteiger partial charge in [-0.1, -0.05) is 43.0 Å². The first-order valence-electron chi connectivity index (χ1n) is 13.4. The molecule has 2 aliphatic rings. The molecule has 208 valence electrons. The van der Waals surface area contributed by atoms with Crippen molar-refractivity contribution >= 4 is 44.7 Å². The number of pyridine rings is 1. The number of aromatic nitrogens is 1. The molecule has 1 fully saturated rings. The molecule has 4 aromatic rings. The van der Waals surface area contributed by atoms with Crippen molar-refractivity contribution in [1.82, 2.24) is 15.2 Å². The predicted molar refractivity (Wildman–Crippen MR) is 160 cm³/mol. The maximum Gasteiger partial charge on any atom is 0.262 e. The Balaban J connectivity index is 1.43. The Morgan fingerprint density at radius 2 is 1.95 bits per heavy atom. The minimum Gasteiger partial charge on any atom is -0.398 e. The molecule has 1 saturated heterocycles. The Kier molecular flexibility index (Phi) is 6.69. The zero-order valence-corrected chi connectivity index (χ0v) is 23.1. The highest BCUT2D eigenvalue weighted by atomic mass is 32.1. The molecule has 3 heterocycles. The summed E-state index contributed by atoms with van der Waals surface area (Å²) < 4.78 is 0.657. The number of nitrogen functional groups attached to an aromatic ring is 1. The molecule has 0 bridgehead atoms. The molecule has 7 N–H and O–H groups in total. The molecule has 0 spiro atoms. The van der Waals surface area contributed by atoms with Crippen LogP contribution in [0.1, 0.15) is 45.2 Å². The molecule has 1 aliphatic carbocycles. The number of piperidine rings is 1. The SMILES string of the molecule is C=CC(=O)N1CCCC(NC(=O)c2sc3c(N)ccc4c3c2C(N)C(=O)C4(N)c2ccnc(-c3ccccc3)c2)C1. The van der Waals surface area contributed by atoms with Crippen molar-refractivity contribution in [2.75, 3.05) is 18.8 Å². The van der Waals surface area contributed by atoms with Gasteiger partial charge in [-0.25, -0.2) is 0 Å². The summed E-state index contributed by atoms with van der Waals surface area (Å²) in [4.78, 5) is 46.4. The van der Waals surface area contributed by atoms with Gasteiger partial charge in [-0.3, -0.25) is 19.4 Å². The second kappa shape index (κ2) is 10.2. The van der Waals surface area contributed by atoms with Crippen LogP contribution in [0.25, 0.3) is 21.3 Å². The molecule has 6 rings (SSSR count). The molecule has 0 saturated carbocycles. The number of nitrogens with zero attached hydrogens (tertiary/aromatic N) is 2. The van der Waals surface area contributed by atoms with E-state index in [1.54, 1.807) is 29.3 Å². The van der Waals surface area contributed by atoms with Crippen molar-refractivity contribution in [1.29, 1.82) is 0 Å². The summed E-state index contributed by atoms with van der Waals surface area (Å²) in [6.07, 6.45) is 4.39. The third-order valence-corrected chi connectivity index (χ3v) is 9.30. The lowest BCUT2D eigenvalue weighted by Crippen LogP contribution is -2.53. The number of carbonyl (C=O) groups is 3. The van der Waals surface area contributed by atoms with Crippen molar-refractivity contribution in [2.45, 2.75) is 30.5 Å². The number of rotatable bonds is 5. The van der Waals surface area contributed by atoms with Gasteiger partial charge in [-0.15, -0.1) is 11.3 Å². The topological polar surface area (TPSA) is 157 Å². The number of thiophene rings is 1. The van der Waals surface area contributed by atoms with Crippen LogP contribution in [0.4, 0.5) is 5.69 Å². The molecule has 1 aliphatic heterocycles. The number of ketones is 1. The molecule has 3 atom stereocenters. The van der Waals surface area contributed by atoms with Crippen molar-refractivity contribution in [3.63, 3.8) is 0 Å². The number of benzene rings is 2. The molecule has 9 nitrogen and oxygen atoms in total.